The van der Waals surface area contributed by atoms with Crippen LogP contribution in [-0.4, -0.2) is 29.2 Å². The van der Waals surface area contributed by atoms with E-state index in [1.54, 1.807) is 6.33 Å². The molecule has 1 fully saturated rings. The van der Waals surface area contributed by atoms with E-state index in [9.17, 15) is 0 Å². The van der Waals surface area contributed by atoms with Gasteiger partial charge in [-0.1, -0.05) is 6.92 Å². The number of imidazole rings is 1. The molecule has 2 rings (SSSR count). The summed E-state index contributed by atoms with van der Waals surface area (Å²) in [5.41, 5.74) is 1.14. The number of rotatable bonds is 3. The minimum atomic E-state index is 0.576. The zero-order valence-corrected chi connectivity index (χ0v) is 8.49. The first-order valence-corrected chi connectivity index (χ1v) is 5.14. The molecule has 1 aromatic rings. The van der Waals surface area contributed by atoms with Crippen LogP contribution in [0.1, 0.15) is 19.0 Å². The van der Waals surface area contributed by atoms with Crippen molar-refractivity contribution in [2.24, 2.45) is 5.92 Å². The van der Waals surface area contributed by atoms with Gasteiger partial charge in [-0.3, -0.25) is 0 Å². The van der Waals surface area contributed by atoms with E-state index >= 15 is 0 Å². The summed E-state index contributed by atoms with van der Waals surface area (Å²) in [6.45, 7) is 4.85. The molecule has 4 nitrogen and oxygen atoms in total. The Bertz CT molecular complexity index is 260. The average Bonchev–Trinajstić information content (AvgIpc) is 2.69. The molecule has 0 aromatic carbocycles. The highest BCUT2D eigenvalue weighted by Gasteiger charge is 2.20. The van der Waals surface area contributed by atoms with Gasteiger partial charge in [0.05, 0.1) is 12.9 Å². The number of ether oxygens (including phenoxy) is 1. The molecule has 2 unspecified atom stereocenters. The maximum Gasteiger partial charge on any atom is 0.0922 e. The fourth-order valence-corrected chi connectivity index (χ4v) is 1.81. The standard InChI is InChI=1S/C10H17N3O/c1-8-6-14-3-2-10(8)12-5-9-4-11-7-13-9/h4,7-8,10,12H,2-3,5-6H2,1H3,(H,11,13). The third-order valence-electron chi connectivity index (χ3n) is 2.75. The molecule has 0 radical (unpaired) electrons. The molecule has 0 saturated carbocycles. The lowest BCUT2D eigenvalue weighted by atomic mass is 9.98. The summed E-state index contributed by atoms with van der Waals surface area (Å²) in [4.78, 5) is 7.07. The van der Waals surface area contributed by atoms with E-state index in [1.807, 2.05) is 6.20 Å². The van der Waals surface area contributed by atoms with Crippen molar-refractivity contribution in [3.8, 4) is 0 Å². The van der Waals surface area contributed by atoms with E-state index in [2.05, 4.69) is 22.2 Å². The van der Waals surface area contributed by atoms with Crippen molar-refractivity contribution in [1.82, 2.24) is 15.3 Å². The van der Waals surface area contributed by atoms with Crippen LogP contribution in [0.25, 0.3) is 0 Å². The lowest BCUT2D eigenvalue weighted by Crippen LogP contribution is -2.41. The number of H-pyrrole nitrogens is 1. The maximum absolute atomic E-state index is 5.39. The van der Waals surface area contributed by atoms with Crippen LogP contribution in [0.3, 0.4) is 0 Å². The summed E-state index contributed by atoms with van der Waals surface area (Å²) >= 11 is 0. The third kappa shape index (κ3) is 2.33. The first-order chi connectivity index (χ1) is 6.86. The monoisotopic (exact) mass is 195 g/mol. The van der Waals surface area contributed by atoms with E-state index in [1.165, 1.54) is 0 Å². The van der Waals surface area contributed by atoms with Gasteiger partial charge in [0.15, 0.2) is 0 Å². The summed E-state index contributed by atoms with van der Waals surface area (Å²) < 4.78 is 5.39. The van der Waals surface area contributed by atoms with Gasteiger partial charge in [0.2, 0.25) is 0 Å². The molecule has 4 heteroatoms. The van der Waals surface area contributed by atoms with Crippen LogP contribution < -0.4 is 5.32 Å². The Balaban J connectivity index is 1.79. The topological polar surface area (TPSA) is 49.9 Å². The molecule has 1 aliphatic heterocycles. The van der Waals surface area contributed by atoms with Crippen molar-refractivity contribution in [2.45, 2.75) is 25.9 Å². The van der Waals surface area contributed by atoms with Crippen molar-refractivity contribution < 1.29 is 4.74 Å². The minimum Gasteiger partial charge on any atom is -0.381 e. The largest absolute Gasteiger partial charge is 0.381 e. The van der Waals surface area contributed by atoms with Gasteiger partial charge in [-0.25, -0.2) is 4.98 Å². The highest BCUT2D eigenvalue weighted by molar-refractivity contribution is 4.94. The summed E-state index contributed by atoms with van der Waals surface area (Å²) in [6.07, 6.45) is 4.68. The smallest absolute Gasteiger partial charge is 0.0922 e. The molecule has 0 amide bonds. The number of aromatic amines is 1. The highest BCUT2D eigenvalue weighted by atomic mass is 16.5. The van der Waals surface area contributed by atoms with Crippen LogP contribution in [0, 0.1) is 5.92 Å². The van der Waals surface area contributed by atoms with Crippen molar-refractivity contribution in [2.75, 3.05) is 13.2 Å². The summed E-state index contributed by atoms with van der Waals surface area (Å²) in [6, 6.07) is 0.576. The van der Waals surface area contributed by atoms with Crippen LogP contribution in [0.2, 0.25) is 0 Å². The lowest BCUT2D eigenvalue weighted by Gasteiger charge is -2.29. The second-order valence-electron chi connectivity index (χ2n) is 3.91. The molecular formula is C10H17N3O. The van der Waals surface area contributed by atoms with Gasteiger partial charge in [-0.15, -0.1) is 0 Å². The molecule has 0 spiro atoms. The summed E-state index contributed by atoms with van der Waals surface area (Å²) in [5.74, 6) is 0.603. The molecule has 78 valence electrons. The van der Waals surface area contributed by atoms with Crippen LogP contribution in [-0.2, 0) is 11.3 Å². The van der Waals surface area contributed by atoms with Crippen LogP contribution in [0.15, 0.2) is 12.5 Å². The predicted octanol–water partition coefficient (Wildman–Crippen LogP) is 0.924. The van der Waals surface area contributed by atoms with Crippen molar-refractivity contribution in [3.63, 3.8) is 0 Å². The molecule has 1 saturated heterocycles. The maximum atomic E-state index is 5.39. The van der Waals surface area contributed by atoms with Crippen LogP contribution in [0.5, 0.6) is 0 Å². The van der Waals surface area contributed by atoms with E-state index in [0.717, 1.165) is 31.9 Å². The Morgan fingerprint density at radius 2 is 2.64 bits per heavy atom. The van der Waals surface area contributed by atoms with Crippen molar-refractivity contribution in [3.05, 3.63) is 18.2 Å². The quantitative estimate of drug-likeness (QED) is 0.754. The number of nitrogens with zero attached hydrogens (tertiary/aromatic N) is 1. The van der Waals surface area contributed by atoms with Crippen LogP contribution in [0.4, 0.5) is 0 Å². The molecule has 2 heterocycles. The van der Waals surface area contributed by atoms with Crippen molar-refractivity contribution >= 4 is 0 Å². The fourth-order valence-electron chi connectivity index (χ4n) is 1.81. The minimum absolute atomic E-state index is 0.576. The van der Waals surface area contributed by atoms with Gasteiger partial charge in [-0.2, -0.15) is 0 Å². The Morgan fingerprint density at radius 1 is 1.71 bits per heavy atom. The molecule has 0 bridgehead atoms. The van der Waals surface area contributed by atoms with E-state index in [0.29, 0.717) is 12.0 Å². The molecule has 14 heavy (non-hydrogen) atoms. The van der Waals surface area contributed by atoms with Crippen molar-refractivity contribution in [1.29, 1.82) is 0 Å². The Kier molecular flexibility index (Phi) is 3.16. The van der Waals surface area contributed by atoms with Gasteiger partial charge >= 0.3 is 0 Å². The van der Waals surface area contributed by atoms with Gasteiger partial charge < -0.3 is 15.0 Å². The Morgan fingerprint density at radius 3 is 3.36 bits per heavy atom. The predicted molar refractivity (Wildman–Crippen MR) is 53.8 cm³/mol. The van der Waals surface area contributed by atoms with E-state index < -0.39 is 0 Å². The summed E-state index contributed by atoms with van der Waals surface area (Å²) in [5, 5.41) is 3.52. The Hall–Kier alpha value is -0.870. The number of hydrogen-bond acceptors (Lipinski definition) is 3. The number of nitrogens with one attached hydrogen (secondary N) is 2. The molecule has 0 aliphatic carbocycles. The summed E-state index contributed by atoms with van der Waals surface area (Å²) in [7, 11) is 0. The second-order valence-corrected chi connectivity index (χ2v) is 3.91. The zero-order valence-electron chi connectivity index (χ0n) is 8.49. The van der Waals surface area contributed by atoms with Gasteiger partial charge in [-0.05, 0) is 12.3 Å². The molecule has 2 N–H and O–H groups in total. The van der Waals surface area contributed by atoms with E-state index in [4.69, 9.17) is 4.74 Å². The zero-order chi connectivity index (χ0) is 9.80. The fraction of sp³-hybridized carbons (Fsp3) is 0.700. The van der Waals surface area contributed by atoms with Gasteiger partial charge in [0.1, 0.15) is 0 Å². The SMILES string of the molecule is CC1COCCC1NCc1cnc[nH]1. The van der Waals surface area contributed by atoms with Gasteiger partial charge in [0.25, 0.3) is 0 Å². The van der Waals surface area contributed by atoms with Gasteiger partial charge in [0, 0.05) is 31.1 Å². The average molecular weight is 195 g/mol. The number of hydrogen-bond donors (Lipinski definition) is 2. The first kappa shape index (κ1) is 9.68. The normalized spacial score (nSPS) is 27.8. The number of aromatic nitrogens is 2. The third-order valence-corrected chi connectivity index (χ3v) is 2.75. The molecular weight excluding hydrogens is 178 g/mol. The van der Waals surface area contributed by atoms with E-state index in [-0.39, 0.29) is 0 Å². The first-order valence-electron chi connectivity index (χ1n) is 5.14. The highest BCUT2D eigenvalue weighted by Crippen LogP contribution is 2.14. The molecule has 1 aromatic heterocycles. The molecule has 2 atom stereocenters. The second kappa shape index (κ2) is 4.57. The molecule has 1 aliphatic rings. The Labute approximate surface area is 84.1 Å². The van der Waals surface area contributed by atoms with Crippen LogP contribution >= 0.6 is 0 Å². The lowest BCUT2D eigenvalue weighted by molar-refractivity contribution is 0.0385.